The zero-order valence-electron chi connectivity index (χ0n) is 11.0. The molecule has 2 N–H and O–H groups in total. The minimum Gasteiger partial charge on any atom is -0.317 e. The highest BCUT2D eigenvalue weighted by molar-refractivity contribution is 7.89. The summed E-state index contributed by atoms with van der Waals surface area (Å²) in [6, 6.07) is 3.88. The molecule has 0 atom stereocenters. The van der Waals surface area contributed by atoms with E-state index >= 15 is 0 Å². The zero-order chi connectivity index (χ0) is 14.8. The molecule has 2 rings (SSSR count). The molecule has 1 heterocycles. The highest BCUT2D eigenvalue weighted by Gasteiger charge is 2.37. The summed E-state index contributed by atoms with van der Waals surface area (Å²) >= 11 is 0. The van der Waals surface area contributed by atoms with E-state index in [1.54, 1.807) is 0 Å². The van der Waals surface area contributed by atoms with Crippen molar-refractivity contribution in [1.29, 1.82) is 0 Å². The van der Waals surface area contributed by atoms with E-state index in [0.717, 1.165) is 12.1 Å². The number of benzene rings is 1. The van der Waals surface area contributed by atoms with Crippen molar-refractivity contribution in [3.8, 4) is 0 Å². The Morgan fingerprint density at radius 3 is 2.29 bits per heavy atom. The Balaban J connectivity index is 0.00000220. The van der Waals surface area contributed by atoms with Crippen LogP contribution in [0, 0.1) is 0 Å². The van der Waals surface area contributed by atoms with Gasteiger partial charge in [0.15, 0.2) is 0 Å². The first-order chi connectivity index (χ1) is 9.31. The molecule has 4 nitrogen and oxygen atoms in total. The summed E-state index contributed by atoms with van der Waals surface area (Å²) < 4.78 is 65.2. The average Bonchev–Trinajstić information content (AvgIpc) is 2.38. The van der Waals surface area contributed by atoms with E-state index in [9.17, 15) is 21.6 Å². The van der Waals surface area contributed by atoms with Crippen molar-refractivity contribution in [2.24, 2.45) is 0 Å². The second kappa shape index (κ2) is 6.95. The molecule has 0 saturated carbocycles. The SMILES string of the molecule is Cl.O=S(=O)(NC1CCNCC1)c1ccccc1C(F)(F)F. The second-order valence-corrected chi connectivity index (χ2v) is 6.32. The summed E-state index contributed by atoms with van der Waals surface area (Å²) in [5, 5.41) is 3.06. The normalized spacial score (nSPS) is 17.3. The van der Waals surface area contributed by atoms with Crippen LogP contribution in [0.25, 0.3) is 0 Å². The van der Waals surface area contributed by atoms with Gasteiger partial charge in [0.1, 0.15) is 0 Å². The third-order valence-corrected chi connectivity index (χ3v) is 4.72. The fourth-order valence-electron chi connectivity index (χ4n) is 2.16. The molecule has 1 aromatic carbocycles. The van der Waals surface area contributed by atoms with Crippen molar-refractivity contribution >= 4 is 22.4 Å². The second-order valence-electron chi connectivity index (χ2n) is 4.64. The molecule has 120 valence electrons. The van der Waals surface area contributed by atoms with Crippen LogP contribution in [0.4, 0.5) is 13.2 Å². The molecular weight excluding hydrogens is 329 g/mol. The molecule has 0 bridgehead atoms. The van der Waals surface area contributed by atoms with Crippen LogP contribution in [0.3, 0.4) is 0 Å². The fraction of sp³-hybridized carbons (Fsp3) is 0.500. The van der Waals surface area contributed by atoms with E-state index in [4.69, 9.17) is 0 Å². The number of sulfonamides is 1. The average molecular weight is 345 g/mol. The minimum atomic E-state index is -4.69. The van der Waals surface area contributed by atoms with Crippen molar-refractivity contribution < 1.29 is 21.6 Å². The Bertz CT molecular complexity index is 572. The van der Waals surface area contributed by atoms with Crippen LogP contribution in [-0.4, -0.2) is 27.5 Å². The maximum atomic E-state index is 12.9. The van der Waals surface area contributed by atoms with Crippen molar-refractivity contribution in [1.82, 2.24) is 10.0 Å². The highest BCUT2D eigenvalue weighted by Crippen LogP contribution is 2.34. The summed E-state index contributed by atoms with van der Waals surface area (Å²) in [5.74, 6) is 0. The van der Waals surface area contributed by atoms with Crippen LogP contribution < -0.4 is 10.0 Å². The summed E-state index contributed by atoms with van der Waals surface area (Å²) in [6.07, 6.45) is -3.57. The lowest BCUT2D eigenvalue weighted by Gasteiger charge is -2.24. The van der Waals surface area contributed by atoms with Gasteiger partial charge in [-0.05, 0) is 38.1 Å². The quantitative estimate of drug-likeness (QED) is 0.883. The minimum absolute atomic E-state index is 0. The van der Waals surface area contributed by atoms with Gasteiger partial charge in [-0.15, -0.1) is 12.4 Å². The van der Waals surface area contributed by atoms with Crippen molar-refractivity contribution in [3.63, 3.8) is 0 Å². The predicted molar refractivity (Wildman–Crippen MR) is 74.9 cm³/mol. The van der Waals surface area contributed by atoms with E-state index in [1.165, 1.54) is 12.1 Å². The smallest absolute Gasteiger partial charge is 0.317 e. The lowest BCUT2D eigenvalue weighted by atomic mass is 10.1. The largest absolute Gasteiger partial charge is 0.417 e. The predicted octanol–water partition coefficient (Wildman–Crippen LogP) is 2.16. The number of alkyl halides is 3. The Hall–Kier alpha value is -0.830. The van der Waals surface area contributed by atoms with Gasteiger partial charge >= 0.3 is 6.18 Å². The van der Waals surface area contributed by atoms with Gasteiger partial charge in [-0.3, -0.25) is 0 Å². The van der Waals surface area contributed by atoms with Crippen molar-refractivity contribution in [3.05, 3.63) is 29.8 Å². The Morgan fingerprint density at radius 1 is 1.14 bits per heavy atom. The molecular formula is C12H16ClF3N2O2S. The molecule has 0 aliphatic carbocycles. The first-order valence-corrected chi connectivity index (χ1v) is 7.68. The number of nitrogens with one attached hydrogen (secondary N) is 2. The van der Waals surface area contributed by atoms with Crippen LogP contribution in [0.15, 0.2) is 29.2 Å². The number of halogens is 4. The van der Waals surface area contributed by atoms with E-state index < -0.39 is 26.7 Å². The van der Waals surface area contributed by atoms with E-state index in [0.29, 0.717) is 25.9 Å². The van der Waals surface area contributed by atoms with Crippen LogP contribution in [0.5, 0.6) is 0 Å². The summed E-state index contributed by atoms with van der Waals surface area (Å²) in [5.41, 5.74) is -1.14. The molecule has 1 aliphatic rings. The maximum Gasteiger partial charge on any atom is 0.417 e. The molecule has 1 fully saturated rings. The van der Waals surface area contributed by atoms with Gasteiger partial charge in [-0.2, -0.15) is 13.2 Å². The van der Waals surface area contributed by atoms with E-state index in [1.807, 2.05) is 0 Å². The van der Waals surface area contributed by atoms with Crippen molar-refractivity contribution in [2.75, 3.05) is 13.1 Å². The van der Waals surface area contributed by atoms with Gasteiger partial charge < -0.3 is 5.32 Å². The number of hydrogen-bond donors (Lipinski definition) is 2. The van der Waals surface area contributed by atoms with Gasteiger partial charge in [0.2, 0.25) is 10.0 Å². The Morgan fingerprint density at radius 2 is 1.71 bits per heavy atom. The van der Waals surface area contributed by atoms with Crippen LogP contribution >= 0.6 is 12.4 Å². The first-order valence-electron chi connectivity index (χ1n) is 6.20. The monoisotopic (exact) mass is 344 g/mol. The molecule has 0 aromatic heterocycles. The fourth-order valence-corrected chi connectivity index (χ4v) is 3.69. The first kappa shape index (κ1) is 18.2. The molecule has 9 heteroatoms. The summed E-state index contributed by atoms with van der Waals surface area (Å²) in [6.45, 7) is 1.29. The van der Waals surface area contributed by atoms with E-state index in [-0.39, 0.29) is 18.4 Å². The van der Waals surface area contributed by atoms with Gasteiger partial charge in [0.25, 0.3) is 0 Å². The third-order valence-electron chi connectivity index (χ3n) is 3.14. The summed E-state index contributed by atoms with van der Waals surface area (Å²) in [4.78, 5) is -0.717. The molecule has 21 heavy (non-hydrogen) atoms. The van der Waals surface area contributed by atoms with Gasteiger partial charge in [0.05, 0.1) is 10.5 Å². The van der Waals surface area contributed by atoms with Crippen molar-refractivity contribution in [2.45, 2.75) is 30.0 Å². The standard InChI is InChI=1S/C12H15F3N2O2S.ClH/c13-12(14,15)10-3-1-2-4-11(10)20(18,19)17-9-5-7-16-8-6-9;/h1-4,9,16-17H,5-8H2;1H. The zero-order valence-corrected chi connectivity index (χ0v) is 12.6. The Kier molecular flexibility index (Phi) is 6.03. The van der Waals surface area contributed by atoms with E-state index in [2.05, 4.69) is 10.0 Å². The van der Waals surface area contributed by atoms with Gasteiger partial charge in [-0.1, -0.05) is 12.1 Å². The molecule has 1 aliphatic heterocycles. The van der Waals surface area contributed by atoms with Gasteiger partial charge in [-0.25, -0.2) is 13.1 Å². The lowest BCUT2D eigenvalue weighted by molar-refractivity contribution is -0.139. The molecule has 1 saturated heterocycles. The molecule has 0 amide bonds. The molecule has 0 unspecified atom stereocenters. The number of rotatable bonds is 3. The molecule has 1 aromatic rings. The van der Waals surface area contributed by atoms with Crippen LogP contribution in [0.2, 0.25) is 0 Å². The molecule has 0 radical (unpaired) electrons. The number of hydrogen-bond acceptors (Lipinski definition) is 3. The van der Waals surface area contributed by atoms with Crippen LogP contribution in [0.1, 0.15) is 18.4 Å². The topological polar surface area (TPSA) is 58.2 Å². The van der Waals surface area contributed by atoms with Gasteiger partial charge in [0, 0.05) is 6.04 Å². The lowest BCUT2D eigenvalue weighted by Crippen LogP contribution is -2.43. The summed E-state index contributed by atoms with van der Waals surface area (Å²) in [7, 11) is -4.17. The number of piperidine rings is 1. The maximum absolute atomic E-state index is 12.9. The third kappa shape index (κ3) is 4.57. The molecule has 0 spiro atoms. The highest BCUT2D eigenvalue weighted by atomic mass is 35.5. The van der Waals surface area contributed by atoms with Crippen LogP contribution in [-0.2, 0) is 16.2 Å². The Labute approximate surface area is 127 Å².